The molecule has 3 rings (SSSR count). The molecule has 0 unspecified atom stereocenters. The number of carbonyl (C=O) groups excluding carboxylic acids is 1. The Balaban J connectivity index is 1.67. The summed E-state index contributed by atoms with van der Waals surface area (Å²) < 4.78 is 2.03. The van der Waals surface area contributed by atoms with Crippen molar-refractivity contribution in [2.24, 2.45) is 13.0 Å². The molecule has 1 aromatic heterocycles. The zero-order valence-electron chi connectivity index (χ0n) is 12.7. The molecule has 0 bridgehead atoms. The van der Waals surface area contributed by atoms with E-state index in [1.165, 1.54) is 0 Å². The van der Waals surface area contributed by atoms with E-state index in [1.54, 1.807) is 0 Å². The Bertz CT molecular complexity index is 680. The largest absolute Gasteiger partial charge is 0.396 e. The number of carbonyl (C=O) groups is 1. The lowest BCUT2D eigenvalue weighted by atomic mass is 10.1. The van der Waals surface area contributed by atoms with E-state index in [-0.39, 0.29) is 24.5 Å². The van der Waals surface area contributed by atoms with Gasteiger partial charge in [-0.25, -0.2) is 0 Å². The van der Waals surface area contributed by atoms with Gasteiger partial charge in [0, 0.05) is 42.7 Å². The van der Waals surface area contributed by atoms with Crippen molar-refractivity contribution in [2.45, 2.75) is 31.4 Å². The summed E-state index contributed by atoms with van der Waals surface area (Å²) >= 11 is 0. The predicted molar refractivity (Wildman–Crippen MR) is 84.4 cm³/mol. The van der Waals surface area contributed by atoms with Crippen LogP contribution in [0.5, 0.6) is 0 Å². The van der Waals surface area contributed by atoms with Gasteiger partial charge in [-0.05, 0) is 24.5 Å². The predicted octanol–water partition coefficient (Wildman–Crippen LogP) is 0.969. The fourth-order valence-electron chi connectivity index (χ4n) is 3.43. The molecular weight excluding hydrogens is 280 g/mol. The normalized spacial score (nSPS) is 24.8. The first-order valence-corrected chi connectivity index (χ1v) is 7.69. The number of nitrogens with zero attached hydrogens (tertiary/aromatic N) is 1. The van der Waals surface area contributed by atoms with Gasteiger partial charge in [-0.15, -0.1) is 0 Å². The minimum atomic E-state index is -0.521. The average molecular weight is 302 g/mol. The molecule has 0 radical (unpaired) electrons. The molecule has 1 saturated carbocycles. The molecule has 5 nitrogen and oxygen atoms in total. The number of aliphatic hydroxyl groups is 2. The molecule has 1 heterocycles. The van der Waals surface area contributed by atoms with Crippen molar-refractivity contribution in [2.75, 3.05) is 6.61 Å². The number of hydrogen-bond acceptors (Lipinski definition) is 3. The van der Waals surface area contributed by atoms with Gasteiger partial charge >= 0.3 is 0 Å². The first kappa shape index (κ1) is 15.1. The zero-order valence-corrected chi connectivity index (χ0v) is 12.7. The molecule has 0 spiro atoms. The Morgan fingerprint density at radius 1 is 1.36 bits per heavy atom. The molecule has 118 valence electrons. The molecule has 1 aliphatic carbocycles. The minimum absolute atomic E-state index is 0.0309. The third-order valence-corrected chi connectivity index (χ3v) is 4.59. The molecule has 1 fully saturated rings. The number of amides is 1. The van der Waals surface area contributed by atoms with Gasteiger partial charge in [0.05, 0.1) is 12.5 Å². The molecule has 2 aromatic rings. The van der Waals surface area contributed by atoms with Gasteiger partial charge in [-0.2, -0.15) is 0 Å². The molecule has 3 N–H and O–H groups in total. The second kappa shape index (κ2) is 6.10. The summed E-state index contributed by atoms with van der Waals surface area (Å²) in [5.74, 6) is -0.157. The van der Waals surface area contributed by atoms with Crippen LogP contribution in [0.2, 0.25) is 0 Å². The number of aromatic nitrogens is 1. The lowest BCUT2D eigenvalue weighted by Crippen LogP contribution is -2.34. The summed E-state index contributed by atoms with van der Waals surface area (Å²) in [6.45, 7) is -0.0309. The third kappa shape index (κ3) is 2.87. The van der Waals surface area contributed by atoms with Crippen molar-refractivity contribution in [3.05, 3.63) is 36.0 Å². The highest BCUT2D eigenvalue weighted by molar-refractivity contribution is 5.89. The molecule has 5 heteroatoms. The second-order valence-corrected chi connectivity index (χ2v) is 6.21. The Morgan fingerprint density at radius 2 is 2.14 bits per heavy atom. The Hall–Kier alpha value is -1.85. The number of aryl methyl sites for hydroxylation is 1. The second-order valence-electron chi connectivity index (χ2n) is 6.21. The monoisotopic (exact) mass is 302 g/mol. The van der Waals surface area contributed by atoms with Crippen LogP contribution in [0.4, 0.5) is 0 Å². The quantitative estimate of drug-likeness (QED) is 0.788. The summed E-state index contributed by atoms with van der Waals surface area (Å²) in [4.78, 5) is 12.3. The van der Waals surface area contributed by atoms with E-state index in [9.17, 15) is 9.90 Å². The molecular formula is C17H22N2O3. The number of para-hydroxylation sites is 1. The molecule has 0 saturated heterocycles. The van der Waals surface area contributed by atoms with Crippen LogP contribution in [0.1, 0.15) is 18.4 Å². The highest BCUT2D eigenvalue weighted by Gasteiger charge is 2.33. The van der Waals surface area contributed by atoms with Crippen molar-refractivity contribution in [1.82, 2.24) is 9.88 Å². The van der Waals surface area contributed by atoms with E-state index in [1.807, 2.05) is 42.1 Å². The summed E-state index contributed by atoms with van der Waals surface area (Å²) in [5, 5.41) is 23.0. The summed E-state index contributed by atoms with van der Waals surface area (Å²) in [6.07, 6.45) is 2.96. The number of hydrogen-bond donors (Lipinski definition) is 3. The lowest BCUT2D eigenvalue weighted by Gasteiger charge is -2.12. The smallest absolute Gasteiger partial charge is 0.224 e. The molecule has 1 aliphatic rings. The fraction of sp³-hybridized carbons (Fsp3) is 0.471. The Labute approximate surface area is 129 Å². The summed E-state index contributed by atoms with van der Waals surface area (Å²) in [6, 6.07) is 7.98. The van der Waals surface area contributed by atoms with Gasteiger partial charge in [-0.3, -0.25) is 4.79 Å². The van der Waals surface area contributed by atoms with Crippen LogP contribution in [0.3, 0.4) is 0 Å². The van der Waals surface area contributed by atoms with Gasteiger partial charge < -0.3 is 20.1 Å². The highest BCUT2D eigenvalue weighted by Crippen LogP contribution is 2.26. The van der Waals surface area contributed by atoms with E-state index >= 15 is 0 Å². The van der Waals surface area contributed by atoms with Crippen LogP contribution < -0.4 is 5.32 Å². The molecule has 22 heavy (non-hydrogen) atoms. The van der Waals surface area contributed by atoms with Crippen LogP contribution in [-0.4, -0.2) is 39.4 Å². The van der Waals surface area contributed by atoms with Crippen molar-refractivity contribution < 1.29 is 15.0 Å². The van der Waals surface area contributed by atoms with Gasteiger partial charge in [0.1, 0.15) is 0 Å². The molecule has 3 atom stereocenters. The van der Waals surface area contributed by atoms with Crippen LogP contribution >= 0.6 is 0 Å². The van der Waals surface area contributed by atoms with Crippen LogP contribution in [0.15, 0.2) is 30.5 Å². The van der Waals surface area contributed by atoms with Gasteiger partial charge in [0.15, 0.2) is 0 Å². The zero-order chi connectivity index (χ0) is 15.7. The van der Waals surface area contributed by atoms with E-state index < -0.39 is 6.10 Å². The number of benzene rings is 1. The van der Waals surface area contributed by atoms with Crippen molar-refractivity contribution in [3.63, 3.8) is 0 Å². The number of rotatable bonds is 4. The van der Waals surface area contributed by atoms with Gasteiger partial charge in [0.2, 0.25) is 5.91 Å². The Morgan fingerprint density at radius 3 is 2.86 bits per heavy atom. The number of nitrogens with one attached hydrogen (secondary N) is 1. The van der Waals surface area contributed by atoms with Crippen molar-refractivity contribution >= 4 is 16.8 Å². The summed E-state index contributed by atoms with van der Waals surface area (Å²) in [5.41, 5.74) is 2.12. The maximum absolute atomic E-state index is 12.3. The van der Waals surface area contributed by atoms with Gasteiger partial charge in [0.25, 0.3) is 0 Å². The number of aliphatic hydroxyl groups excluding tert-OH is 2. The fourth-order valence-corrected chi connectivity index (χ4v) is 3.43. The molecule has 0 aliphatic heterocycles. The van der Waals surface area contributed by atoms with Crippen LogP contribution in [0.25, 0.3) is 10.9 Å². The third-order valence-electron chi connectivity index (χ3n) is 4.59. The average Bonchev–Trinajstić information content (AvgIpc) is 3.00. The highest BCUT2D eigenvalue weighted by atomic mass is 16.3. The van der Waals surface area contributed by atoms with Crippen LogP contribution in [-0.2, 0) is 18.3 Å². The van der Waals surface area contributed by atoms with Crippen molar-refractivity contribution in [3.8, 4) is 0 Å². The first-order chi connectivity index (χ1) is 10.6. The van der Waals surface area contributed by atoms with Gasteiger partial charge in [-0.1, -0.05) is 18.2 Å². The maximum Gasteiger partial charge on any atom is 0.224 e. The van der Waals surface area contributed by atoms with E-state index in [0.717, 1.165) is 16.5 Å². The summed E-state index contributed by atoms with van der Waals surface area (Å²) in [7, 11) is 1.98. The Kier molecular flexibility index (Phi) is 4.18. The first-order valence-electron chi connectivity index (χ1n) is 7.69. The van der Waals surface area contributed by atoms with E-state index in [4.69, 9.17) is 5.11 Å². The standard InChI is InChI=1S/C17H22N2O3/c1-19-9-11(14-4-2-3-5-15(14)19)7-17(22)18-13-6-12(10-20)16(21)8-13/h2-5,9,12-13,16,20-21H,6-8,10H2,1H3,(H,18,22)/t12-,13+,16+/m1/s1. The minimum Gasteiger partial charge on any atom is -0.396 e. The van der Waals surface area contributed by atoms with E-state index in [0.29, 0.717) is 19.3 Å². The topological polar surface area (TPSA) is 74.5 Å². The molecule has 1 aromatic carbocycles. The molecule has 1 amide bonds. The number of fused-ring (bicyclic) bond motifs is 1. The van der Waals surface area contributed by atoms with Crippen molar-refractivity contribution in [1.29, 1.82) is 0 Å². The maximum atomic E-state index is 12.3. The lowest BCUT2D eigenvalue weighted by molar-refractivity contribution is -0.121. The van der Waals surface area contributed by atoms with E-state index in [2.05, 4.69) is 5.32 Å². The SMILES string of the molecule is Cn1cc(CC(=O)N[C@H]2C[C@H](CO)[C@@H](O)C2)c2ccccc21. The van der Waals surface area contributed by atoms with Crippen LogP contribution in [0, 0.1) is 5.92 Å².